The molecular formula is C13H20ClNOS. The highest BCUT2D eigenvalue weighted by Gasteiger charge is 1.99. The predicted octanol–water partition coefficient (Wildman–Crippen LogP) is 3.67. The molecule has 0 unspecified atom stereocenters. The highest BCUT2D eigenvalue weighted by atomic mass is 35.5. The van der Waals surface area contributed by atoms with Crippen LogP contribution in [0.2, 0.25) is 5.02 Å². The van der Waals surface area contributed by atoms with Crippen LogP contribution in [0.15, 0.2) is 18.2 Å². The molecule has 0 spiro atoms. The molecule has 0 bridgehead atoms. The summed E-state index contributed by atoms with van der Waals surface area (Å²) >= 11 is 7.74. The SMILES string of the molecule is CSCCCCCNCc1ccc(O)c(Cl)c1. The minimum atomic E-state index is 0.146. The van der Waals surface area contributed by atoms with Crippen molar-refractivity contribution in [3.05, 3.63) is 28.8 Å². The van der Waals surface area contributed by atoms with Crippen molar-refractivity contribution in [1.82, 2.24) is 5.32 Å². The lowest BCUT2D eigenvalue weighted by molar-refractivity contribution is 0.475. The second-order valence-corrected chi connectivity index (χ2v) is 5.41. The van der Waals surface area contributed by atoms with Gasteiger partial charge >= 0.3 is 0 Å². The number of phenols is 1. The molecule has 0 aliphatic heterocycles. The Kier molecular flexibility index (Phi) is 7.49. The van der Waals surface area contributed by atoms with E-state index in [1.165, 1.54) is 25.0 Å². The maximum Gasteiger partial charge on any atom is 0.134 e. The Bertz CT molecular complexity index is 333. The van der Waals surface area contributed by atoms with Crippen LogP contribution in [0, 0.1) is 0 Å². The molecule has 0 aromatic heterocycles. The van der Waals surface area contributed by atoms with Gasteiger partial charge in [0.2, 0.25) is 0 Å². The molecule has 0 radical (unpaired) electrons. The minimum Gasteiger partial charge on any atom is -0.506 e. The standard InChI is InChI=1S/C13H20ClNOS/c1-17-8-4-2-3-7-15-10-11-5-6-13(16)12(14)9-11/h5-6,9,15-16H,2-4,7-8,10H2,1H3. The topological polar surface area (TPSA) is 32.3 Å². The molecule has 1 aromatic rings. The normalized spacial score (nSPS) is 10.7. The molecule has 0 fully saturated rings. The summed E-state index contributed by atoms with van der Waals surface area (Å²) in [6, 6.07) is 5.33. The molecule has 0 aliphatic carbocycles. The number of aromatic hydroxyl groups is 1. The lowest BCUT2D eigenvalue weighted by Gasteiger charge is -2.06. The van der Waals surface area contributed by atoms with Gasteiger partial charge in [0, 0.05) is 6.54 Å². The van der Waals surface area contributed by atoms with Crippen LogP contribution in [0.4, 0.5) is 0 Å². The minimum absolute atomic E-state index is 0.146. The zero-order valence-electron chi connectivity index (χ0n) is 10.2. The fourth-order valence-electron chi connectivity index (χ4n) is 1.57. The van der Waals surface area contributed by atoms with Gasteiger partial charge in [0.1, 0.15) is 5.75 Å². The molecular weight excluding hydrogens is 254 g/mol. The second kappa shape index (κ2) is 8.67. The molecule has 0 aliphatic rings. The van der Waals surface area contributed by atoms with Gasteiger partial charge in [0.05, 0.1) is 5.02 Å². The number of thioether (sulfide) groups is 1. The van der Waals surface area contributed by atoms with Gasteiger partial charge in [0.15, 0.2) is 0 Å². The van der Waals surface area contributed by atoms with Crippen LogP contribution in [0.25, 0.3) is 0 Å². The summed E-state index contributed by atoms with van der Waals surface area (Å²) in [4.78, 5) is 0. The van der Waals surface area contributed by atoms with E-state index in [9.17, 15) is 5.11 Å². The van der Waals surface area contributed by atoms with Gasteiger partial charge in [-0.3, -0.25) is 0 Å². The Morgan fingerprint density at radius 2 is 2.12 bits per heavy atom. The second-order valence-electron chi connectivity index (χ2n) is 4.02. The van der Waals surface area contributed by atoms with Gasteiger partial charge in [-0.25, -0.2) is 0 Å². The Labute approximate surface area is 113 Å². The van der Waals surface area contributed by atoms with Gasteiger partial charge in [-0.15, -0.1) is 0 Å². The van der Waals surface area contributed by atoms with Crippen molar-refractivity contribution >= 4 is 23.4 Å². The number of rotatable bonds is 8. The molecule has 0 saturated carbocycles. The molecule has 17 heavy (non-hydrogen) atoms. The third kappa shape index (κ3) is 6.20. The number of phenolic OH excluding ortho intramolecular Hbond substituents is 1. The Morgan fingerprint density at radius 3 is 2.82 bits per heavy atom. The first kappa shape index (κ1) is 14.7. The molecule has 0 heterocycles. The number of hydrogen-bond donors (Lipinski definition) is 2. The molecule has 1 aromatic carbocycles. The summed E-state index contributed by atoms with van der Waals surface area (Å²) in [5.41, 5.74) is 1.11. The van der Waals surface area contributed by atoms with Crippen molar-refractivity contribution in [2.75, 3.05) is 18.6 Å². The summed E-state index contributed by atoms with van der Waals surface area (Å²) in [5.74, 6) is 1.40. The third-order valence-electron chi connectivity index (χ3n) is 2.54. The van der Waals surface area contributed by atoms with Crippen molar-refractivity contribution in [2.24, 2.45) is 0 Å². The van der Waals surface area contributed by atoms with E-state index in [-0.39, 0.29) is 5.75 Å². The van der Waals surface area contributed by atoms with E-state index in [4.69, 9.17) is 11.6 Å². The molecule has 4 heteroatoms. The largest absolute Gasteiger partial charge is 0.506 e. The average Bonchev–Trinajstić information content (AvgIpc) is 2.32. The van der Waals surface area contributed by atoms with Gasteiger partial charge in [-0.05, 0) is 49.1 Å². The maximum absolute atomic E-state index is 9.28. The van der Waals surface area contributed by atoms with Crippen LogP contribution in [0.3, 0.4) is 0 Å². The van der Waals surface area contributed by atoms with E-state index in [2.05, 4.69) is 11.6 Å². The highest BCUT2D eigenvalue weighted by molar-refractivity contribution is 7.98. The molecule has 0 saturated heterocycles. The zero-order valence-corrected chi connectivity index (χ0v) is 11.8. The molecule has 2 N–H and O–H groups in total. The number of hydrogen-bond acceptors (Lipinski definition) is 3. The summed E-state index contributed by atoms with van der Waals surface area (Å²) in [6.07, 6.45) is 5.94. The van der Waals surface area contributed by atoms with Crippen LogP contribution >= 0.6 is 23.4 Å². The first-order valence-corrected chi connectivity index (χ1v) is 7.68. The van der Waals surface area contributed by atoms with Gasteiger partial charge in [0.25, 0.3) is 0 Å². The lowest BCUT2D eigenvalue weighted by Crippen LogP contribution is -2.14. The molecule has 0 amide bonds. The lowest BCUT2D eigenvalue weighted by atomic mass is 10.2. The van der Waals surface area contributed by atoms with Crippen molar-refractivity contribution in [2.45, 2.75) is 25.8 Å². The number of unbranched alkanes of at least 4 members (excludes halogenated alkanes) is 2. The molecule has 1 rings (SSSR count). The summed E-state index contributed by atoms with van der Waals surface area (Å²) < 4.78 is 0. The summed E-state index contributed by atoms with van der Waals surface area (Å²) in [7, 11) is 0. The van der Waals surface area contributed by atoms with Gasteiger partial charge in [-0.2, -0.15) is 11.8 Å². The number of nitrogens with one attached hydrogen (secondary N) is 1. The van der Waals surface area contributed by atoms with Gasteiger partial charge < -0.3 is 10.4 Å². The van der Waals surface area contributed by atoms with Crippen molar-refractivity contribution in [3.63, 3.8) is 0 Å². The third-order valence-corrected chi connectivity index (χ3v) is 3.54. The predicted molar refractivity (Wildman–Crippen MR) is 77.1 cm³/mol. The summed E-state index contributed by atoms with van der Waals surface area (Å²) in [6.45, 7) is 1.84. The fourth-order valence-corrected chi connectivity index (χ4v) is 2.26. The number of benzene rings is 1. The maximum atomic E-state index is 9.28. The smallest absolute Gasteiger partial charge is 0.134 e. The molecule has 96 valence electrons. The van der Waals surface area contributed by atoms with E-state index >= 15 is 0 Å². The average molecular weight is 274 g/mol. The monoisotopic (exact) mass is 273 g/mol. The van der Waals surface area contributed by atoms with Crippen molar-refractivity contribution in [3.8, 4) is 5.75 Å². The molecule has 0 atom stereocenters. The van der Waals surface area contributed by atoms with Crippen LogP contribution in [-0.4, -0.2) is 23.7 Å². The zero-order chi connectivity index (χ0) is 12.5. The summed E-state index contributed by atoms with van der Waals surface area (Å²) in [5, 5.41) is 13.1. The number of halogens is 1. The van der Waals surface area contributed by atoms with Crippen molar-refractivity contribution < 1.29 is 5.11 Å². The first-order chi connectivity index (χ1) is 8.24. The van der Waals surface area contributed by atoms with Crippen molar-refractivity contribution in [1.29, 1.82) is 0 Å². The van der Waals surface area contributed by atoms with Crippen LogP contribution < -0.4 is 5.32 Å². The first-order valence-electron chi connectivity index (χ1n) is 5.91. The van der Waals surface area contributed by atoms with Crippen LogP contribution in [0.1, 0.15) is 24.8 Å². The van der Waals surface area contributed by atoms with E-state index < -0.39 is 0 Å². The van der Waals surface area contributed by atoms with Crippen LogP contribution in [0.5, 0.6) is 5.75 Å². The van der Waals surface area contributed by atoms with Gasteiger partial charge in [-0.1, -0.05) is 24.1 Å². The van der Waals surface area contributed by atoms with E-state index in [1.807, 2.05) is 17.8 Å². The Hall–Kier alpha value is -0.380. The highest BCUT2D eigenvalue weighted by Crippen LogP contribution is 2.23. The van der Waals surface area contributed by atoms with E-state index in [0.717, 1.165) is 18.7 Å². The fraction of sp³-hybridized carbons (Fsp3) is 0.538. The van der Waals surface area contributed by atoms with E-state index in [0.29, 0.717) is 5.02 Å². The van der Waals surface area contributed by atoms with Crippen LogP contribution in [-0.2, 0) is 6.54 Å². The van der Waals surface area contributed by atoms with E-state index in [1.54, 1.807) is 12.1 Å². The Morgan fingerprint density at radius 1 is 1.29 bits per heavy atom. The molecule has 2 nitrogen and oxygen atoms in total. The Balaban J connectivity index is 2.11. The quantitative estimate of drug-likeness (QED) is 0.709.